The summed E-state index contributed by atoms with van der Waals surface area (Å²) in [6, 6.07) is 5.12. The standard InChI is InChI=1S/C23H14Cl2F7N3O4/c1-10-4-11(2-3-13(10)20(37)35(9-36)18-7-17(34-38-18)22(27,28)29)16-8-21(39-33-16,23(30,31)32)12-5-14(24)19(26)15(25)6-12/h2-6,9,18H,7-8H2,1H3/t18?,21-/m0/s1. The van der Waals surface area contributed by atoms with Crippen LogP contribution in [0.15, 0.2) is 40.6 Å². The quantitative estimate of drug-likeness (QED) is 0.230. The summed E-state index contributed by atoms with van der Waals surface area (Å²) in [4.78, 5) is 34.3. The largest absolute Gasteiger partial charge is 0.435 e. The highest BCUT2D eigenvalue weighted by Gasteiger charge is 2.62. The van der Waals surface area contributed by atoms with E-state index in [0.29, 0.717) is 4.90 Å². The van der Waals surface area contributed by atoms with Crippen LogP contribution in [0.1, 0.15) is 39.9 Å². The van der Waals surface area contributed by atoms with E-state index in [1.165, 1.54) is 19.1 Å². The average Bonchev–Trinajstić information content (AvgIpc) is 3.51. The molecule has 2 aliphatic rings. The van der Waals surface area contributed by atoms with Gasteiger partial charge in [-0.15, -0.1) is 0 Å². The minimum Gasteiger partial charge on any atom is -0.374 e. The predicted octanol–water partition coefficient (Wildman–Crippen LogP) is 6.29. The van der Waals surface area contributed by atoms with Crippen molar-refractivity contribution in [2.24, 2.45) is 10.3 Å². The van der Waals surface area contributed by atoms with Crippen LogP contribution in [0.3, 0.4) is 0 Å². The van der Waals surface area contributed by atoms with E-state index in [-0.39, 0.29) is 28.8 Å². The Morgan fingerprint density at radius 3 is 2.26 bits per heavy atom. The van der Waals surface area contributed by atoms with Crippen molar-refractivity contribution in [3.8, 4) is 0 Å². The van der Waals surface area contributed by atoms with Crippen molar-refractivity contribution in [1.29, 1.82) is 0 Å². The zero-order chi connectivity index (χ0) is 28.9. The topological polar surface area (TPSA) is 80.6 Å². The minimum atomic E-state index is -5.04. The highest BCUT2D eigenvalue weighted by atomic mass is 35.5. The summed E-state index contributed by atoms with van der Waals surface area (Å²) in [5.41, 5.74) is -5.03. The van der Waals surface area contributed by atoms with Gasteiger partial charge in [-0.05, 0) is 42.3 Å². The molecule has 0 fully saturated rings. The summed E-state index contributed by atoms with van der Waals surface area (Å²) in [7, 11) is 0. The number of hydrogen-bond donors (Lipinski definition) is 0. The molecule has 2 amide bonds. The van der Waals surface area contributed by atoms with Crippen LogP contribution in [-0.2, 0) is 20.1 Å². The predicted molar refractivity (Wildman–Crippen MR) is 123 cm³/mol. The molecule has 208 valence electrons. The molecule has 0 N–H and O–H groups in total. The number of carbonyl (C=O) groups excluding carboxylic acids is 2. The second kappa shape index (κ2) is 9.97. The summed E-state index contributed by atoms with van der Waals surface area (Å²) in [6.45, 7) is 1.39. The summed E-state index contributed by atoms with van der Waals surface area (Å²) < 4.78 is 95.1. The fraction of sp³-hybridized carbons (Fsp3) is 0.304. The number of hydrogen-bond acceptors (Lipinski definition) is 6. The zero-order valence-electron chi connectivity index (χ0n) is 19.3. The summed E-state index contributed by atoms with van der Waals surface area (Å²) in [5, 5.41) is 5.13. The number of oxime groups is 2. The Morgan fingerprint density at radius 2 is 1.74 bits per heavy atom. The Balaban J connectivity index is 1.59. The maximum atomic E-state index is 14.2. The number of rotatable bonds is 5. The number of aryl methyl sites for hydroxylation is 1. The van der Waals surface area contributed by atoms with Gasteiger partial charge in [0, 0.05) is 17.5 Å². The summed E-state index contributed by atoms with van der Waals surface area (Å²) in [5.74, 6) is -2.13. The van der Waals surface area contributed by atoms with E-state index in [2.05, 4.69) is 15.1 Å². The third-order valence-corrected chi connectivity index (χ3v) is 6.61. The number of imide groups is 1. The number of amides is 2. The average molecular weight is 600 g/mol. The zero-order valence-corrected chi connectivity index (χ0v) is 20.8. The Kier molecular flexibility index (Phi) is 7.32. The van der Waals surface area contributed by atoms with Crippen molar-refractivity contribution in [2.75, 3.05) is 0 Å². The Bertz CT molecular complexity index is 1390. The Hall–Kier alpha value is -3.39. The maximum Gasteiger partial charge on any atom is 0.435 e. The van der Waals surface area contributed by atoms with Crippen LogP contribution < -0.4 is 0 Å². The van der Waals surface area contributed by atoms with Gasteiger partial charge in [-0.1, -0.05) is 39.6 Å². The highest BCUT2D eigenvalue weighted by Crippen LogP contribution is 2.50. The van der Waals surface area contributed by atoms with Crippen LogP contribution in [0.2, 0.25) is 10.0 Å². The van der Waals surface area contributed by atoms with E-state index >= 15 is 0 Å². The van der Waals surface area contributed by atoms with Crippen LogP contribution in [-0.4, -0.2) is 47.2 Å². The number of carbonyl (C=O) groups is 2. The minimum absolute atomic E-state index is 0.0132. The number of halogens is 9. The van der Waals surface area contributed by atoms with Gasteiger partial charge in [-0.2, -0.15) is 26.3 Å². The van der Waals surface area contributed by atoms with E-state index in [1.54, 1.807) is 0 Å². The smallest absolute Gasteiger partial charge is 0.374 e. The van der Waals surface area contributed by atoms with Crippen LogP contribution >= 0.6 is 23.2 Å². The second-order valence-corrected chi connectivity index (χ2v) is 9.35. The molecule has 0 saturated heterocycles. The fourth-order valence-corrected chi connectivity index (χ4v) is 4.48. The van der Waals surface area contributed by atoms with Gasteiger partial charge < -0.3 is 9.68 Å². The summed E-state index contributed by atoms with van der Waals surface area (Å²) in [6.07, 6.45) is -13.3. The first-order chi connectivity index (χ1) is 18.1. The van der Waals surface area contributed by atoms with Crippen molar-refractivity contribution in [3.05, 3.63) is 68.4 Å². The van der Waals surface area contributed by atoms with Crippen molar-refractivity contribution in [1.82, 2.24) is 4.90 Å². The Labute approximate surface area is 224 Å². The lowest BCUT2D eigenvalue weighted by Gasteiger charge is -2.29. The van der Waals surface area contributed by atoms with E-state index in [9.17, 15) is 40.3 Å². The molecule has 0 radical (unpaired) electrons. The lowest BCUT2D eigenvalue weighted by molar-refractivity contribution is -0.275. The van der Waals surface area contributed by atoms with Gasteiger partial charge in [0.1, 0.15) is 0 Å². The van der Waals surface area contributed by atoms with Crippen molar-refractivity contribution >= 4 is 46.9 Å². The molecule has 2 aromatic rings. The third kappa shape index (κ3) is 5.14. The molecule has 2 aromatic carbocycles. The van der Waals surface area contributed by atoms with Crippen LogP contribution in [0.25, 0.3) is 0 Å². The van der Waals surface area contributed by atoms with Crippen LogP contribution in [0.4, 0.5) is 30.7 Å². The van der Waals surface area contributed by atoms with Gasteiger partial charge >= 0.3 is 12.4 Å². The molecule has 0 aliphatic carbocycles. The molecule has 2 atom stereocenters. The number of alkyl halides is 6. The number of nitrogens with zero attached hydrogens (tertiary/aromatic N) is 3. The van der Waals surface area contributed by atoms with Gasteiger partial charge in [0.15, 0.2) is 11.5 Å². The van der Waals surface area contributed by atoms with Crippen molar-refractivity contribution in [2.45, 2.75) is 43.9 Å². The molecular formula is C23H14Cl2F7N3O4. The van der Waals surface area contributed by atoms with Crippen molar-refractivity contribution in [3.63, 3.8) is 0 Å². The molecule has 39 heavy (non-hydrogen) atoms. The lowest BCUT2D eigenvalue weighted by atomic mass is 9.86. The first-order valence-corrected chi connectivity index (χ1v) is 11.5. The van der Waals surface area contributed by atoms with Gasteiger partial charge in [0.2, 0.25) is 12.6 Å². The van der Waals surface area contributed by atoms with Crippen molar-refractivity contribution < 1.29 is 50.0 Å². The molecule has 1 unspecified atom stereocenters. The first-order valence-electron chi connectivity index (χ1n) is 10.7. The Morgan fingerprint density at radius 1 is 1.10 bits per heavy atom. The molecule has 16 heteroatoms. The summed E-state index contributed by atoms with van der Waals surface area (Å²) >= 11 is 11.4. The lowest BCUT2D eigenvalue weighted by Crippen LogP contribution is -2.42. The van der Waals surface area contributed by atoms with E-state index in [1.807, 2.05) is 0 Å². The molecule has 0 spiro atoms. The molecule has 0 saturated carbocycles. The molecule has 2 heterocycles. The number of benzene rings is 2. The molecule has 0 bridgehead atoms. The van der Waals surface area contributed by atoms with E-state index < -0.39 is 70.1 Å². The van der Waals surface area contributed by atoms with Crippen LogP contribution in [0, 0.1) is 12.7 Å². The second-order valence-electron chi connectivity index (χ2n) is 8.53. The van der Waals surface area contributed by atoms with Crippen LogP contribution in [0.5, 0.6) is 0 Å². The molecule has 7 nitrogen and oxygen atoms in total. The third-order valence-electron chi connectivity index (χ3n) is 6.06. The SMILES string of the molecule is Cc1cc(C2=NO[C@@](c3cc(Cl)c(F)c(Cl)c3)(C(F)(F)F)C2)ccc1C(=O)N(C=O)C1CC(C(F)(F)F)=NO1. The van der Waals surface area contributed by atoms with E-state index in [0.717, 1.165) is 18.2 Å². The van der Waals surface area contributed by atoms with E-state index in [4.69, 9.17) is 28.0 Å². The van der Waals surface area contributed by atoms with Gasteiger partial charge in [-0.3, -0.25) is 9.59 Å². The monoisotopic (exact) mass is 599 g/mol. The molecular weight excluding hydrogens is 586 g/mol. The molecule has 0 aromatic heterocycles. The van der Waals surface area contributed by atoms with Gasteiger partial charge in [0.25, 0.3) is 11.5 Å². The first kappa shape index (κ1) is 28.6. The van der Waals surface area contributed by atoms with Gasteiger partial charge in [0.05, 0.1) is 22.2 Å². The fourth-order valence-electron chi connectivity index (χ4n) is 4.00. The molecule has 2 aliphatic heterocycles. The highest BCUT2D eigenvalue weighted by molar-refractivity contribution is 6.35. The maximum absolute atomic E-state index is 14.2. The normalized spacial score (nSPS) is 21.1. The van der Waals surface area contributed by atoms with Gasteiger partial charge in [-0.25, -0.2) is 9.29 Å². The molecule has 4 rings (SSSR count).